The van der Waals surface area contributed by atoms with E-state index in [1.165, 1.54) is 11.3 Å². The molecule has 0 saturated carbocycles. The molecule has 0 amide bonds. The van der Waals surface area contributed by atoms with Gasteiger partial charge >= 0.3 is 0 Å². The highest BCUT2D eigenvalue weighted by molar-refractivity contribution is 7.91. The number of hydrogen-bond donors (Lipinski definition) is 1. The second kappa shape index (κ2) is 6.39. The first kappa shape index (κ1) is 17.6. The van der Waals surface area contributed by atoms with Gasteiger partial charge in [0.15, 0.2) is 0 Å². The lowest BCUT2D eigenvalue weighted by Crippen LogP contribution is -2.40. The first-order chi connectivity index (χ1) is 10.1. The average Bonchev–Trinajstić information content (AvgIpc) is 2.91. The lowest BCUT2D eigenvalue weighted by molar-refractivity contribution is 0.492. The zero-order valence-corrected chi connectivity index (χ0v) is 16.0. The van der Waals surface area contributed by atoms with Gasteiger partial charge in [-0.1, -0.05) is 13.8 Å². The van der Waals surface area contributed by atoms with Crippen molar-refractivity contribution in [1.82, 2.24) is 9.71 Å². The van der Waals surface area contributed by atoms with Crippen molar-refractivity contribution < 1.29 is 8.42 Å². The molecule has 0 bridgehead atoms. The highest BCUT2D eigenvalue weighted by atomic mass is 32.2. The van der Waals surface area contributed by atoms with E-state index in [0.29, 0.717) is 10.1 Å². The Morgan fingerprint density at radius 2 is 1.91 bits per heavy atom. The van der Waals surface area contributed by atoms with Crippen molar-refractivity contribution in [1.29, 1.82) is 0 Å². The fourth-order valence-electron chi connectivity index (χ4n) is 1.97. The fraction of sp³-hybridized carbons (Fsp3) is 0.533. The number of nitrogens with one attached hydrogen (secondary N) is 1. The standard InChI is InChI=1S/C15H22N2O2S3/c1-10(2)6-12-9-21-14(16-12)11-7-13(20-8-11)22(18,19)17-15(3,4)5/h7-10,17H,6H2,1-5H3. The van der Waals surface area contributed by atoms with E-state index in [2.05, 4.69) is 28.9 Å². The molecule has 0 unspecified atom stereocenters. The van der Waals surface area contributed by atoms with E-state index in [1.807, 2.05) is 26.2 Å². The molecule has 2 rings (SSSR count). The van der Waals surface area contributed by atoms with Crippen LogP contribution in [0.25, 0.3) is 10.6 Å². The first-order valence-electron chi connectivity index (χ1n) is 7.14. The van der Waals surface area contributed by atoms with Gasteiger partial charge in [0.05, 0.1) is 5.69 Å². The minimum Gasteiger partial charge on any atom is -0.241 e. The topological polar surface area (TPSA) is 59.1 Å². The minimum atomic E-state index is -3.47. The molecule has 0 atom stereocenters. The molecule has 0 radical (unpaired) electrons. The highest BCUT2D eigenvalue weighted by Crippen LogP contribution is 2.31. The first-order valence-corrected chi connectivity index (χ1v) is 10.4. The summed E-state index contributed by atoms with van der Waals surface area (Å²) in [6.07, 6.45) is 0.942. The van der Waals surface area contributed by atoms with E-state index in [1.54, 1.807) is 17.4 Å². The van der Waals surface area contributed by atoms with E-state index in [9.17, 15) is 8.42 Å². The van der Waals surface area contributed by atoms with Gasteiger partial charge in [-0.15, -0.1) is 22.7 Å². The average molecular weight is 359 g/mol. The van der Waals surface area contributed by atoms with Crippen molar-refractivity contribution in [3.63, 3.8) is 0 Å². The summed E-state index contributed by atoms with van der Waals surface area (Å²) < 4.78 is 27.7. The fourth-order valence-corrected chi connectivity index (χ4v) is 5.45. The molecule has 4 nitrogen and oxygen atoms in total. The van der Waals surface area contributed by atoms with E-state index in [0.717, 1.165) is 22.7 Å². The molecular formula is C15H22N2O2S3. The Morgan fingerprint density at radius 3 is 2.50 bits per heavy atom. The Hall–Kier alpha value is -0.760. The van der Waals surface area contributed by atoms with E-state index >= 15 is 0 Å². The minimum absolute atomic E-state index is 0.332. The molecule has 0 spiro atoms. The van der Waals surface area contributed by atoms with Crippen LogP contribution in [0, 0.1) is 5.92 Å². The van der Waals surface area contributed by atoms with Crippen LogP contribution in [0.1, 0.15) is 40.3 Å². The summed E-state index contributed by atoms with van der Waals surface area (Å²) in [5.74, 6) is 0.560. The van der Waals surface area contributed by atoms with Crippen LogP contribution in [0.15, 0.2) is 21.0 Å². The Morgan fingerprint density at radius 1 is 1.23 bits per heavy atom. The van der Waals surface area contributed by atoms with Gasteiger partial charge in [-0.2, -0.15) is 0 Å². The zero-order chi connectivity index (χ0) is 16.5. The van der Waals surface area contributed by atoms with Crippen molar-refractivity contribution in [2.24, 2.45) is 5.92 Å². The highest BCUT2D eigenvalue weighted by Gasteiger charge is 2.24. The summed E-state index contributed by atoms with van der Waals surface area (Å²) in [5.41, 5.74) is 1.45. The summed E-state index contributed by atoms with van der Waals surface area (Å²) in [7, 11) is -3.47. The van der Waals surface area contributed by atoms with Gasteiger partial charge in [-0.05, 0) is 39.2 Å². The molecule has 2 aromatic rings. The van der Waals surface area contributed by atoms with Gasteiger partial charge in [0.2, 0.25) is 0 Å². The Bertz CT molecular complexity index is 737. The van der Waals surface area contributed by atoms with Crippen molar-refractivity contribution >= 4 is 32.7 Å². The third kappa shape index (κ3) is 4.62. The van der Waals surface area contributed by atoms with Crippen LogP contribution < -0.4 is 4.72 Å². The Balaban J connectivity index is 2.23. The lowest BCUT2D eigenvalue weighted by Gasteiger charge is -2.19. The van der Waals surface area contributed by atoms with E-state index in [-0.39, 0.29) is 0 Å². The monoisotopic (exact) mass is 358 g/mol. The van der Waals surface area contributed by atoms with Crippen LogP contribution in [-0.4, -0.2) is 18.9 Å². The zero-order valence-electron chi connectivity index (χ0n) is 13.5. The molecule has 7 heteroatoms. The predicted octanol–water partition coefficient (Wildman–Crippen LogP) is 4.15. The number of hydrogen-bond acceptors (Lipinski definition) is 5. The Kier molecular flexibility index (Phi) is 5.11. The summed E-state index contributed by atoms with van der Waals surface area (Å²) in [5, 5.41) is 4.79. The maximum absolute atomic E-state index is 12.3. The third-order valence-electron chi connectivity index (χ3n) is 2.70. The maximum atomic E-state index is 12.3. The SMILES string of the molecule is CC(C)Cc1csc(-c2csc(S(=O)(=O)NC(C)(C)C)c2)n1. The van der Waals surface area contributed by atoms with Gasteiger partial charge in [0.1, 0.15) is 9.22 Å². The van der Waals surface area contributed by atoms with Gasteiger partial charge in [0.25, 0.3) is 10.0 Å². The van der Waals surface area contributed by atoms with Crippen molar-refractivity contribution in [3.05, 3.63) is 22.5 Å². The second-order valence-corrected chi connectivity index (χ2v) is 10.4. The normalized spacial score (nSPS) is 13.0. The Labute approximate surface area is 140 Å². The molecule has 22 heavy (non-hydrogen) atoms. The summed E-state index contributed by atoms with van der Waals surface area (Å²) in [4.78, 5) is 4.60. The van der Waals surface area contributed by atoms with Crippen molar-refractivity contribution in [2.75, 3.05) is 0 Å². The molecule has 0 aliphatic rings. The number of aromatic nitrogens is 1. The molecule has 2 aromatic heterocycles. The molecular weight excluding hydrogens is 336 g/mol. The van der Waals surface area contributed by atoms with E-state index < -0.39 is 15.6 Å². The third-order valence-corrected chi connectivity index (χ3v) is 6.83. The van der Waals surface area contributed by atoms with Crippen molar-refractivity contribution in [3.8, 4) is 10.6 Å². The predicted molar refractivity (Wildman–Crippen MR) is 94.0 cm³/mol. The quantitative estimate of drug-likeness (QED) is 0.873. The van der Waals surface area contributed by atoms with Gasteiger partial charge in [-0.25, -0.2) is 18.1 Å². The van der Waals surface area contributed by atoms with Crippen molar-refractivity contribution in [2.45, 2.75) is 50.8 Å². The number of rotatable bonds is 5. The molecule has 122 valence electrons. The number of thiazole rings is 1. The van der Waals surface area contributed by atoms with Crippen LogP contribution in [0.4, 0.5) is 0 Å². The van der Waals surface area contributed by atoms with Crippen LogP contribution in [0.5, 0.6) is 0 Å². The maximum Gasteiger partial charge on any atom is 0.250 e. The second-order valence-electron chi connectivity index (χ2n) is 6.75. The van der Waals surface area contributed by atoms with Gasteiger partial charge in [0, 0.05) is 21.9 Å². The molecule has 0 saturated heterocycles. The van der Waals surface area contributed by atoms with E-state index in [4.69, 9.17) is 0 Å². The molecule has 0 aliphatic carbocycles. The van der Waals surface area contributed by atoms with Gasteiger partial charge < -0.3 is 0 Å². The largest absolute Gasteiger partial charge is 0.250 e. The number of nitrogens with zero attached hydrogens (tertiary/aromatic N) is 1. The van der Waals surface area contributed by atoms with Crippen LogP contribution in [0.2, 0.25) is 0 Å². The molecule has 2 heterocycles. The lowest BCUT2D eigenvalue weighted by atomic mass is 10.1. The summed E-state index contributed by atoms with van der Waals surface area (Å²) in [6.45, 7) is 9.81. The molecule has 0 fully saturated rings. The smallest absolute Gasteiger partial charge is 0.241 e. The molecule has 0 aromatic carbocycles. The van der Waals surface area contributed by atoms with Crippen LogP contribution in [0.3, 0.4) is 0 Å². The summed E-state index contributed by atoms with van der Waals surface area (Å²) in [6, 6.07) is 1.71. The number of thiophene rings is 1. The van der Waals surface area contributed by atoms with Crippen LogP contribution in [-0.2, 0) is 16.4 Å². The van der Waals surface area contributed by atoms with Gasteiger partial charge in [-0.3, -0.25) is 0 Å². The summed E-state index contributed by atoms with van der Waals surface area (Å²) >= 11 is 2.79. The number of sulfonamides is 1. The molecule has 0 aliphatic heterocycles. The van der Waals surface area contributed by atoms with Crippen LogP contribution >= 0.6 is 22.7 Å². The molecule has 1 N–H and O–H groups in total.